The van der Waals surface area contributed by atoms with Gasteiger partial charge in [-0.05, 0) is 25.0 Å². The van der Waals surface area contributed by atoms with Crippen LogP contribution >= 0.6 is 0 Å². The molecule has 0 bridgehead atoms. The van der Waals surface area contributed by atoms with E-state index in [0.29, 0.717) is 18.8 Å². The van der Waals surface area contributed by atoms with Crippen LogP contribution in [0.1, 0.15) is 51.7 Å². The SMILES string of the molecule is CCCCCCOC(=O)C(CC)N(Cc1ccco1)C(=O)n1ccnc1. The Morgan fingerprint density at radius 3 is 2.77 bits per heavy atom. The number of furan rings is 1. The van der Waals surface area contributed by atoms with Gasteiger partial charge in [-0.15, -0.1) is 0 Å². The van der Waals surface area contributed by atoms with Crippen molar-refractivity contribution in [2.24, 2.45) is 0 Å². The number of nitrogens with zero attached hydrogens (tertiary/aromatic N) is 3. The van der Waals surface area contributed by atoms with E-state index in [1.54, 1.807) is 24.6 Å². The van der Waals surface area contributed by atoms with Crippen LogP contribution in [0.25, 0.3) is 0 Å². The van der Waals surface area contributed by atoms with Crippen LogP contribution in [0.2, 0.25) is 0 Å². The summed E-state index contributed by atoms with van der Waals surface area (Å²) >= 11 is 0. The zero-order valence-electron chi connectivity index (χ0n) is 15.5. The van der Waals surface area contributed by atoms with Crippen molar-refractivity contribution in [3.63, 3.8) is 0 Å². The molecule has 0 spiro atoms. The molecule has 0 radical (unpaired) electrons. The highest BCUT2D eigenvalue weighted by molar-refractivity contribution is 5.84. The molecule has 1 unspecified atom stereocenters. The summed E-state index contributed by atoms with van der Waals surface area (Å²) in [6.07, 6.45) is 10.6. The molecule has 7 heteroatoms. The number of imidazole rings is 1. The first kappa shape index (κ1) is 19.8. The number of amides is 1. The molecule has 0 aliphatic carbocycles. The molecule has 0 aliphatic heterocycles. The van der Waals surface area contributed by atoms with Crippen LogP contribution in [0.15, 0.2) is 41.5 Å². The molecule has 26 heavy (non-hydrogen) atoms. The smallest absolute Gasteiger partial charge is 0.330 e. The van der Waals surface area contributed by atoms with Crippen molar-refractivity contribution < 1.29 is 18.7 Å². The number of hydrogen-bond acceptors (Lipinski definition) is 5. The molecule has 0 aliphatic rings. The van der Waals surface area contributed by atoms with Crippen LogP contribution in [-0.4, -0.2) is 39.1 Å². The molecule has 0 saturated carbocycles. The van der Waals surface area contributed by atoms with E-state index >= 15 is 0 Å². The first-order valence-electron chi connectivity index (χ1n) is 9.15. The van der Waals surface area contributed by atoms with E-state index < -0.39 is 6.04 Å². The fraction of sp³-hybridized carbons (Fsp3) is 0.526. The summed E-state index contributed by atoms with van der Waals surface area (Å²) in [5.41, 5.74) is 0. The third-order valence-corrected chi connectivity index (χ3v) is 4.15. The Morgan fingerprint density at radius 2 is 2.15 bits per heavy atom. The van der Waals surface area contributed by atoms with Gasteiger partial charge in [0.1, 0.15) is 18.1 Å². The minimum absolute atomic E-state index is 0.188. The van der Waals surface area contributed by atoms with Gasteiger partial charge < -0.3 is 14.1 Å². The van der Waals surface area contributed by atoms with Gasteiger partial charge in [-0.3, -0.25) is 4.57 Å². The van der Waals surface area contributed by atoms with Gasteiger partial charge in [0.05, 0.1) is 19.4 Å². The molecular weight excluding hydrogens is 334 g/mol. The fourth-order valence-electron chi connectivity index (χ4n) is 2.71. The van der Waals surface area contributed by atoms with Crippen LogP contribution < -0.4 is 0 Å². The van der Waals surface area contributed by atoms with Crippen molar-refractivity contribution in [2.75, 3.05) is 6.61 Å². The molecule has 142 valence electrons. The molecule has 1 amide bonds. The first-order valence-corrected chi connectivity index (χ1v) is 9.15. The summed E-state index contributed by atoms with van der Waals surface area (Å²) in [7, 11) is 0. The molecule has 0 N–H and O–H groups in total. The maximum Gasteiger partial charge on any atom is 0.330 e. The van der Waals surface area contributed by atoms with E-state index in [1.165, 1.54) is 22.0 Å². The van der Waals surface area contributed by atoms with Gasteiger partial charge in [0.15, 0.2) is 0 Å². The Kier molecular flexibility index (Phi) is 7.92. The highest BCUT2D eigenvalue weighted by Crippen LogP contribution is 2.15. The molecule has 2 aromatic heterocycles. The Morgan fingerprint density at radius 1 is 1.31 bits per heavy atom. The van der Waals surface area contributed by atoms with Crippen molar-refractivity contribution in [1.82, 2.24) is 14.5 Å². The summed E-state index contributed by atoms with van der Waals surface area (Å²) in [4.78, 5) is 30.8. The summed E-state index contributed by atoms with van der Waals surface area (Å²) in [6.45, 7) is 4.56. The van der Waals surface area contributed by atoms with Crippen LogP contribution in [-0.2, 0) is 16.1 Å². The average molecular weight is 361 g/mol. The molecule has 0 aromatic carbocycles. The first-order chi connectivity index (χ1) is 12.7. The molecule has 0 saturated heterocycles. The predicted octanol–water partition coefficient (Wildman–Crippen LogP) is 3.85. The second-order valence-electron chi connectivity index (χ2n) is 6.11. The van der Waals surface area contributed by atoms with Gasteiger partial charge in [0, 0.05) is 12.4 Å². The van der Waals surface area contributed by atoms with Crippen LogP contribution in [0.4, 0.5) is 4.79 Å². The standard InChI is InChI=1S/C19H27N3O4/c1-3-5-6-7-12-26-18(23)17(4-2)22(14-16-9-8-13-25-16)19(24)21-11-10-20-15-21/h8-11,13,15,17H,3-7,12,14H2,1-2H3. The van der Waals surface area contributed by atoms with Gasteiger partial charge in [0.25, 0.3) is 0 Å². The van der Waals surface area contributed by atoms with Gasteiger partial charge >= 0.3 is 12.0 Å². The summed E-state index contributed by atoms with van der Waals surface area (Å²) in [5.74, 6) is 0.219. The minimum atomic E-state index is -0.679. The zero-order chi connectivity index (χ0) is 18.8. The van der Waals surface area contributed by atoms with Crippen molar-refractivity contribution in [3.05, 3.63) is 42.9 Å². The molecule has 2 heterocycles. The van der Waals surface area contributed by atoms with Crippen molar-refractivity contribution in [1.29, 1.82) is 0 Å². The predicted molar refractivity (Wildman–Crippen MR) is 96.5 cm³/mol. The number of ether oxygens (including phenoxy) is 1. The number of unbranched alkanes of at least 4 members (excludes halogenated alkanes) is 3. The van der Waals surface area contributed by atoms with Crippen molar-refractivity contribution >= 4 is 12.0 Å². The quantitative estimate of drug-likeness (QED) is 0.474. The lowest BCUT2D eigenvalue weighted by Crippen LogP contribution is -2.46. The third kappa shape index (κ3) is 5.47. The van der Waals surface area contributed by atoms with E-state index in [2.05, 4.69) is 11.9 Å². The maximum atomic E-state index is 12.9. The van der Waals surface area contributed by atoms with Gasteiger partial charge in [0.2, 0.25) is 0 Å². The van der Waals surface area contributed by atoms with E-state index in [1.807, 2.05) is 6.92 Å². The maximum absolute atomic E-state index is 12.9. The normalized spacial score (nSPS) is 11.9. The van der Waals surface area contributed by atoms with E-state index in [-0.39, 0.29) is 18.5 Å². The second-order valence-corrected chi connectivity index (χ2v) is 6.11. The summed E-state index contributed by atoms with van der Waals surface area (Å²) in [5, 5.41) is 0. The zero-order valence-corrected chi connectivity index (χ0v) is 15.5. The van der Waals surface area contributed by atoms with E-state index in [0.717, 1.165) is 25.7 Å². The van der Waals surface area contributed by atoms with Gasteiger partial charge in [-0.2, -0.15) is 0 Å². The monoisotopic (exact) mass is 361 g/mol. The Labute approximate surface area is 153 Å². The van der Waals surface area contributed by atoms with E-state index in [9.17, 15) is 9.59 Å². The number of hydrogen-bond donors (Lipinski definition) is 0. The van der Waals surface area contributed by atoms with Crippen molar-refractivity contribution in [3.8, 4) is 0 Å². The topological polar surface area (TPSA) is 77.6 Å². The Balaban J connectivity index is 2.07. The van der Waals surface area contributed by atoms with Gasteiger partial charge in [-0.25, -0.2) is 14.6 Å². The number of rotatable bonds is 10. The van der Waals surface area contributed by atoms with E-state index in [4.69, 9.17) is 9.15 Å². The van der Waals surface area contributed by atoms with Crippen molar-refractivity contribution in [2.45, 2.75) is 58.5 Å². The second kappa shape index (κ2) is 10.4. The Hall–Kier alpha value is -2.57. The van der Waals surface area contributed by atoms with Crippen LogP contribution in [0.3, 0.4) is 0 Å². The lowest BCUT2D eigenvalue weighted by Gasteiger charge is -2.28. The highest BCUT2D eigenvalue weighted by atomic mass is 16.5. The average Bonchev–Trinajstić information content (AvgIpc) is 3.34. The summed E-state index contributed by atoms with van der Waals surface area (Å²) in [6, 6.07) is 2.51. The summed E-state index contributed by atoms with van der Waals surface area (Å²) < 4.78 is 12.1. The number of esters is 1. The molecule has 2 rings (SSSR count). The largest absolute Gasteiger partial charge is 0.467 e. The fourth-order valence-corrected chi connectivity index (χ4v) is 2.71. The molecule has 7 nitrogen and oxygen atoms in total. The number of carbonyl (C=O) groups excluding carboxylic acids is 2. The highest BCUT2D eigenvalue weighted by Gasteiger charge is 2.31. The van der Waals surface area contributed by atoms with Crippen LogP contribution in [0.5, 0.6) is 0 Å². The third-order valence-electron chi connectivity index (χ3n) is 4.15. The van der Waals surface area contributed by atoms with Crippen LogP contribution in [0, 0.1) is 0 Å². The lowest BCUT2D eigenvalue weighted by atomic mass is 10.2. The molecule has 1 atom stereocenters. The number of aromatic nitrogens is 2. The molecule has 2 aromatic rings. The molecule has 0 fully saturated rings. The Bertz CT molecular complexity index is 652. The molecular formula is C19H27N3O4. The van der Waals surface area contributed by atoms with Gasteiger partial charge in [-0.1, -0.05) is 33.1 Å². The lowest BCUT2D eigenvalue weighted by molar-refractivity contribution is -0.149. The minimum Gasteiger partial charge on any atom is -0.467 e. The number of carbonyl (C=O) groups is 2.